The van der Waals surface area contributed by atoms with Crippen molar-refractivity contribution in [1.29, 1.82) is 0 Å². The molecule has 0 aliphatic carbocycles. The van der Waals surface area contributed by atoms with E-state index in [2.05, 4.69) is 20.6 Å². The van der Waals surface area contributed by atoms with Gasteiger partial charge >= 0.3 is 0 Å². The summed E-state index contributed by atoms with van der Waals surface area (Å²) < 4.78 is 10.7. The van der Waals surface area contributed by atoms with Crippen LogP contribution in [0.5, 0.6) is 11.5 Å². The van der Waals surface area contributed by atoms with Crippen molar-refractivity contribution in [2.75, 3.05) is 17.4 Å². The Labute approximate surface area is 162 Å². The van der Waals surface area contributed by atoms with Crippen LogP contribution >= 0.6 is 0 Å². The molecule has 0 radical (unpaired) electrons. The molecule has 3 aromatic rings. The van der Waals surface area contributed by atoms with Crippen LogP contribution in [0.1, 0.15) is 28.5 Å². The third kappa shape index (κ3) is 3.88. The number of nitrogens with one attached hydrogen (secondary N) is 2. The number of fused-ring (bicyclic) bond motifs is 1. The van der Waals surface area contributed by atoms with Crippen molar-refractivity contribution in [3.63, 3.8) is 0 Å². The molecule has 0 fully saturated rings. The number of para-hydroxylation sites is 1. The molecule has 2 aromatic carbocycles. The van der Waals surface area contributed by atoms with Crippen LogP contribution in [0.3, 0.4) is 0 Å². The van der Waals surface area contributed by atoms with Gasteiger partial charge in [-0.2, -0.15) is 0 Å². The highest BCUT2D eigenvalue weighted by Crippen LogP contribution is 2.32. The van der Waals surface area contributed by atoms with E-state index in [0.29, 0.717) is 18.2 Å². The van der Waals surface area contributed by atoms with E-state index in [4.69, 9.17) is 9.47 Å². The average molecular weight is 376 g/mol. The van der Waals surface area contributed by atoms with E-state index in [1.165, 1.54) is 0 Å². The summed E-state index contributed by atoms with van der Waals surface area (Å²) in [6.45, 7) is 2.79. The number of aryl methyl sites for hydroxylation is 1. The van der Waals surface area contributed by atoms with E-state index < -0.39 is 0 Å². The van der Waals surface area contributed by atoms with Gasteiger partial charge in [0.05, 0.1) is 0 Å². The summed E-state index contributed by atoms with van der Waals surface area (Å²) in [7, 11) is 0. The molecule has 7 nitrogen and oxygen atoms in total. The van der Waals surface area contributed by atoms with Gasteiger partial charge in [-0.25, -0.2) is 9.97 Å². The molecule has 1 aliphatic rings. The Kier molecular flexibility index (Phi) is 5.05. The lowest BCUT2D eigenvalue weighted by Crippen LogP contribution is -2.16. The molecule has 2 heterocycles. The minimum atomic E-state index is -0.269. The van der Waals surface area contributed by atoms with Gasteiger partial charge in [0.2, 0.25) is 12.7 Å². The molecule has 0 unspecified atom stereocenters. The van der Waals surface area contributed by atoms with Crippen LogP contribution in [0, 0.1) is 0 Å². The Morgan fingerprint density at radius 2 is 1.96 bits per heavy atom. The van der Waals surface area contributed by atoms with Gasteiger partial charge in [0.1, 0.15) is 5.69 Å². The number of rotatable bonds is 6. The number of benzene rings is 2. The van der Waals surface area contributed by atoms with Crippen molar-refractivity contribution >= 4 is 17.5 Å². The molecule has 0 saturated carbocycles. The molecule has 1 aliphatic heterocycles. The van der Waals surface area contributed by atoms with Crippen LogP contribution in [0.15, 0.2) is 54.7 Å². The number of hydrogen-bond donors (Lipinski definition) is 2. The third-order valence-corrected chi connectivity index (χ3v) is 4.42. The lowest BCUT2D eigenvalue weighted by molar-refractivity contribution is 0.102. The van der Waals surface area contributed by atoms with E-state index in [0.717, 1.165) is 34.7 Å². The second-order valence-corrected chi connectivity index (χ2v) is 6.27. The highest BCUT2D eigenvalue weighted by molar-refractivity contribution is 6.03. The summed E-state index contributed by atoms with van der Waals surface area (Å²) in [4.78, 5) is 21.1. The first kappa shape index (κ1) is 17.8. The Balaban J connectivity index is 1.43. The van der Waals surface area contributed by atoms with E-state index in [9.17, 15) is 4.79 Å². The van der Waals surface area contributed by atoms with Crippen LogP contribution in [-0.2, 0) is 13.0 Å². The largest absolute Gasteiger partial charge is 0.454 e. The summed E-state index contributed by atoms with van der Waals surface area (Å²) in [5, 5.41) is 6.05. The first-order valence-electron chi connectivity index (χ1n) is 9.07. The van der Waals surface area contributed by atoms with Crippen LogP contribution in [0.4, 0.5) is 11.6 Å². The quantitative estimate of drug-likeness (QED) is 0.683. The first-order valence-corrected chi connectivity index (χ1v) is 9.07. The highest BCUT2D eigenvalue weighted by atomic mass is 16.7. The summed E-state index contributed by atoms with van der Waals surface area (Å²) >= 11 is 0. The number of ether oxygens (including phenoxy) is 2. The molecule has 7 heteroatoms. The third-order valence-electron chi connectivity index (χ3n) is 4.42. The maximum atomic E-state index is 12.6. The second kappa shape index (κ2) is 7.96. The van der Waals surface area contributed by atoms with Crippen LogP contribution < -0.4 is 20.1 Å². The summed E-state index contributed by atoms with van der Waals surface area (Å²) in [5.74, 6) is 1.58. The number of nitrogens with zero attached hydrogens (tertiary/aromatic N) is 2. The van der Waals surface area contributed by atoms with Crippen molar-refractivity contribution in [3.05, 3.63) is 71.5 Å². The van der Waals surface area contributed by atoms with Crippen molar-refractivity contribution in [1.82, 2.24) is 9.97 Å². The molecule has 0 atom stereocenters. The Hall–Kier alpha value is -3.61. The zero-order valence-corrected chi connectivity index (χ0v) is 15.4. The molecule has 4 rings (SSSR count). The van der Waals surface area contributed by atoms with Crippen molar-refractivity contribution < 1.29 is 14.3 Å². The van der Waals surface area contributed by atoms with Gasteiger partial charge in [-0.1, -0.05) is 31.2 Å². The normalized spacial score (nSPS) is 11.9. The number of anilines is 2. The Morgan fingerprint density at radius 3 is 2.86 bits per heavy atom. The molecule has 28 heavy (non-hydrogen) atoms. The lowest BCUT2D eigenvalue weighted by atomic mass is 10.1. The predicted molar refractivity (Wildman–Crippen MR) is 106 cm³/mol. The number of carbonyl (C=O) groups excluding carboxylic acids is 1. The van der Waals surface area contributed by atoms with Gasteiger partial charge in [-0.05, 0) is 41.8 Å². The van der Waals surface area contributed by atoms with Crippen molar-refractivity contribution in [2.24, 2.45) is 0 Å². The molecular weight excluding hydrogens is 356 g/mol. The van der Waals surface area contributed by atoms with Gasteiger partial charge < -0.3 is 20.1 Å². The van der Waals surface area contributed by atoms with Gasteiger partial charge in [-0.15, -0.1) is 0 Å². The fourth-order valence-corrected chi connectivity index (χ4v) is 2.94. The SMILES string of the molecule is CCc1ccccc1NC(=O)c1ccnc(NCc2ccc3c(c2)OCO3)n1. The smallest absolute Gasteiger partial charge is 0.274 e. The van der Waals surface area contributed by atoms with Crippen molar-refractivity contribution in [3.8, 4) is 11.5 Å². The summed E-state index contributed by atoms with van der Waals surface area (Å²) in [6.07, 6.45) is 2.40. The van der Waals surface area contributed by atoms with Gasteiger partial charge in [0.25, 0.3) is 5.91 Å². The monoisotopic (exact) mass is 376 g/mol. The number of aromatic nitrogens is 2. The molecule has 0 spiro atoms. The van der Waals surface area contributed by atoms with Crippen LogP contribution in [-0.4, -0.2) is 22.7 Å². The predicted octanol–water partition coefficient (Wildman–Crippen LogP) is 3.63. The molecule has 1 aromatic heterocycles. The Morgan fingerprint density at radius 1 is 1.11 bits per heavy atom. The zero-order chi connectivity index (χ0) is 19.3. The summed E-state index contributed by atoms with van der Waals surface area (Å²) in [5.41, 5.74) is 3.17. The number of hydrogen-bond acceptors (Lipinski definition) is 6. The van der Waals surface area contributed by atoms with Crippen molar-refractivity contribution in [2.45, 2.75) is 19.9 Å². The van der Waals surface area contributed by atoms with E-state index in [1.807, 2.05) is 49.4 Å². The topological polar surface area (TPSA) is 85.4 Å². The fourth-order valence-electron chi connectivity index (χ4n) is 2.94. The van der Waals surface area contributed by atoms with Gasteiger partial charge in [0, 0.05) is 18.4 Å². The lowest BCUT2D eigenvalue weighted by Gasteiger charge is -2.10. The Bertz CT molecular complexity index is 1010. The van der Waals surface area contributed by atoms with E-state index in [-0.39, 0.29) is 12.7 Å². The molecule has 0 saturated heterocycles. The standard InChI is InChI=1S/C21H20N4O3/c1-2-15-5-3-4-6-16(15)24-20(26)17-9-10-22-21(25-17)23-12-14-7-8-18-19(11-14)28-13-27-18/h3-11H,2,12-13H2,1H3,(H,24,26)(H,22,23,25). The van der Waals surface area contributed by atoms with E-state index in [1.54, 1.807) is 12.3 Å². The molecular formula is C21H20N4O3. The molecule has 1 amide bonds. The van der Waals surface area contributed by atoms with Crippen LogP contribution in [0.2, 0.25) is 0 Å². The van der Waals surface area contributed by atoms with Gasteiger partial charge in [0.15, 0.2) is 11.5 Å². The van der Waals surface area contributed by atoms with E-state index >= 15 is 0 Å². The fraction of sp³-hybridized carbons (Fsp3) is 0.190. The zero-order valence-electron chi connectivity index (χ0n) is 15.4. The number of amides is 1. The molecule has 0 bridgehead atoms. The average Bonchev–Trinajstić information content (AvgIpc) is 3.21. The first-order chi connectivity index (χ1) is 13.7. The highest BCUT2D eigenvalue weighted by Gasteiger charge is 2.14. The maximum Gasteiger partial charge on any atom is 0.274 e. The summed E-state index contributed by atoms with van der Waals surface area (Å²) in [6, 6.07) is 15.0. The van der Waals surface area contributed by atoms with Gasteiger partial charge in [-0.3, -0.25) is 4.79 Å². The number of carbonyl (C=O) groups is 1. The van der Waals surface area contributed by atoms with Crippen LogP contribution in [0.25, 0.3) is 0 Å². The maximum absolute atomic E-state index is 12.6. The second-order valence-electron chi connectivity index (χ2n) is 6.27. The minimum Gasteiger partial charge on any atom is -0.454 e. The molecule has 2 N–H and O–H groups in total. The molecule has 142 valence electrons. The minimum absolute atomic E-state index is 0.244.